The number of para-hydroxylation sites is 1. The number of rotatable bonds is 3. The Morgan fingerprint density at radius 3 is 2.55 bits per heavy atom. The molecule has 1 aliphatic heterocycles. The van der Waals surface area contributed by atoms with Gasteiger partial charge < -0.3 is 9.72 Å². The van der Waals surface area contributed by atoms with Gasteiger partial charge in [0.05, 0.1) is 7.11 Å². The Morgan fingerprint density at radius 2 is 1.90 bits per heavy atom. The monoisotopic (exact) mass is 291 g/mol. The molecule has 1 aliphatic rings. The molecule has 0 fully saturated rings. The minimum atomic E-state index is -3.62. The van der Waals surface area contributed by atoms with Crippen molar-refractivity contribution < 1.29 is 13.2 Å². The lowest BCUT2D eigenvalue weighted by Crippen LogP contribution is -2.36. The number of benzene rings is 1. The molecule has 2 heterocycles. The molecule has 3 rings (SSSR count). The first-order valence-electron chi connectivity index (χ1n) is 5.92. The van der Waals surface area contributed by atoms with E-state index in [1.807, 2.05) is 24.3 Å². The van der Waals surface area contributed by atoms with E-state index in [0.29, 0.717) is 5.88 Å². The molecule has 3 N–H and O–H groups in total. The second-order valence-electron chi connectivity index (χ2n) is 4.24. The normalized spacial score (nSPS) is 15.1. The molecule has 1 aromatic carbocycles. The molecule has 0 bridgehead atoms. The van der Waals surface area contributed by atoms with Gasteiger partial charge in [-0.25, -0.2) is 8.42 Å². The van der Waals surface area contributed by atoms with Crippen LogP contribution >= 0.6 is 0 Å². The van der Waals surface area contributed by atoms with Gasteiger partial charge in [-0.3, -0.25) is 10.9 Å². The molecule has 0 spiro atoms. The van der Waals surface area contributed by atoms with Gasteiger partial charge in [0.15, 0.2) is 5.03 Å². The van der Waals surface area contributed by atoms with Crippen LogP contribution in [0.3, 0.4) is 0 Å². The fourth-order valence-electron chi connectivity index (χ4n) is 1.94. The molecule has 104 valence electrons. The summed E-state index contributed by atoms with van der Waals surface area (Å²) >= 11 is 0. The Balaban J connectivity index is 2.04. The molecule has 0 saturated carbocycles. The van der Waals surface area contributed by atoms with Gasteiger partial charge in [0.2, 0.25) is 15.7 Å². The van der Waals surface area contributed by atoms with Gasteiger partial charge >= 0.3 is 0 Å². The lowest BCUT2D eigenvalue weighted by Gasteiger charge is -2.17. The van der Waals surface area contributed by atoms with Crippen LogP contribution < -0.4 is 10.9 Å². The van der Waals surface area contributed by atoms with Crippen LogP contribution in [0, 0.1) is 0 Å². The first kappa shape index (κ1) is 12.6. The number of aromatic nitrogens is 1. The number of fused-ring (bicyclic) bond motifs is 1. The Hall–Kier alpha value is -2.41. The SMILES string of the molecule is COC1=CC=C(S(=O)(=O)c2cc3ccccc3[nH]2)NN1. The molecule has 0 saturated heterocycles. The number of aromatic amines is 1. The predicted octanol–water partition coefficient (Wildman–Crippen LogP) is 1.38. The molecule has 0 radical (unpaired) electrons. The maximum Gasteiger partial charge on any atom is 0.238 e. The van der Waals surface area contributed by atoms with E-state index in [4.69, 9.17) is 4.74 Å². The number of hydrogen-bond acceptors (Lipinski definition) is 5. The van der Waals surface area contributed by atoms with E-state index >= 15 is 0 Å². The van der Waals surface area contributed by atoms with E-state index < -0.39 is 9.84 Å². The van der Waals surface area contributed by atoms with Crippen LogP contribution in [-0.4, -0.2) is 20.5 Å². The van der Waals surface area contributed by atoms with E-state index in [0.717, 1.165) is 10.9 Å². The summed E-state index contributed by atoms with van der Waals surface area (Å²) in [4.78, 5) is 2.91. The maximum absolute atomic E-state index is 12.5. The maximum atomic E-state index is 12.5. The van der Waals surface area contributed by atoms with Crippen molar-refractivity contribution in [3.8, 4) is 0 Å². The Labute approximate surface area is 116 Å². The highest BCUT2D eigenvalue weighted by Crippen LogP contribution is 2.23. The molecule has 20 heavy (non-hydrogen) atoms. The Kier molecular flexibility index (Phi) is 2.90. The van der Waals surface area contributed by atoms with Gasteiger partial charge in [-0.15, -0.1) is 0 Å². The zero-order valence-corrected chi connectivity index (χ0v) is 11.5. The largest absolute Gasteiger partial charge is 0.481 e. The number of hydrogen-bond donors (Lipinski definition) is 3. The minimum Gasteiger partial charge on any atom is -0.481 e. The second kappa shape index (κ2) is 4.61. The van der Waals surface area contributed by atoms with Gasteiger partial charge in [-0.1, -0.05) is 18.2 Å². The third-order valence-corrected chi connectivity index (χ3v) is 4.62. The number of ether oxygens (including phenoxy) is 1. The second-order valence-corrected chi connectivity index (χ2v) is 6.13. The van der Waals surface area contributed by atoms with Crippen LogP contribution in [0.2, 0.25) is 0 Å². The van der Waals surface area contributed by atoms with Crippen LogP contribution in [0.1, 0.15) is 0 Å². The van der Waals surface area contributed by atoms with Crippen molar-refractivity contribution in [2.45, 2.75) is 5.03 Å². The molecular formula is C13H13N3O3S. The van der Waals surface area contributed by atoms with Gasteiger partial charge in [-0.2, -0.15) is 0 Å². The molecule has 1 aromatic heterocycles. The van der Waals surface area contributed by atoms with Crippen molar-refractivity contribution >= 4 is 20.7 Å². The zero-order valence-electron chi connectivity index (χ0n) is 10.7. The van der Waals surface area contributed by atoms with Crippen molar-refractivity contribution in [1.29, 1.82) is 0 Å². The summed E-state index contributed by atoms with van der Waals surface area (Å²) in [5, 5.41) is 1.06. The van der Waals surface area contributed by atoms with E-state index in [2.05, 4.69) is 15.8 Å². The summed E-state index contributed by atoms with van der Waals surface area (Å²) in [5.74, 6) is 0.445. The molecule has 0 unspecified atom stereocenters. The van der Waals surface area contributed by atoms with Crippen molar-refractivity contribution in [3.63, 3.8) is 0 Å². The highest BCUT2D eigenvalue weighted by Gasteiger charge is 2.24. The summed E-state index contributed by atoms with van der Waals surface area (Å²) in [6, 6.07) is 9.01. The van der Waals surface area contributed by atoms with E-state index in [9.17, 15) is 8.42 Å². The highest BCUT2D eigenvalue weighted by molar-refractivity contribution is 7.95. The molecule has 6 nitrogen and oxygen atoms in total. The molecular weight excluding hydrogens is 278 g/mol. The van der Waals surface area contributed by atoms with E-state index in [1.165, 1.54) is 13.2 Å². The smallest absolute Gasteiger partial charge is 0.238 e. The quantitative estimate of drug-likeness (QED) is 0.795. The summed E-state index contributed by atoms with van der Waals surface area (Å²) in [5.41, 5.74) is 6.05. The fraction of sp³-hybridized carbons (Fsp3) is 0.0769. The lowest BCUT2D eigenvalue weighted by atomic mass is 10.3. The summed E-state index contributed by atoms with van der Waals surface area (Å²) in [6.45, 7) is 0. The highest BCUT2D eigenvalue weighted by atomic mass is 32.2. The zero-order chi connectivity index (χ0) is 14.2. The average molecular weight is 291 g/mol. The van der Waals surface area contributed by atoms with Crippen LogP contribution in [-0.2, 0) is 14.6 Å². The van der Waals surface area contributed by atoms with Crippen molar-refractivity contribution in [2.75, 3.05) is 7.11 Å². The first-order chi connectivity index (χ1) is 9.61. The molecule has 0 aliphatic carbocycles. The number of sulfone groups is 1. The van der Waals surface area contributed by atoms with Gasteiger partial charge in [0.1, 0.15) is 5.03 Å². The van der Waals surface area contributed by atoms with E-state index in [-0.39, 0.29) is 10.1 Å². The molecule has 0 amide bonds. The van der Waals surface area contributed by atoms with Crippen LogP contribution in [0.4, 0.5) is 0 Å². The van der Waals surface area contributed by atoms with Crippen LogP contribution in [0.25, 0.3) is 10.9 Å². The topological polar surface area (TPSA) is 83.2 Å². The lowest BCUT2D eigenvalue weighted by molar-refractivity contribution is 0.251. The van der Waals surface area contributed by atoms with Crippen LogP contribution in [0.15, 0.2) is 58.4 Å². The van der Waals surface area contributed by atoms with E-state index in [1.54, 1.807) is 12.1 Å². The first-order valence-corrected chi connectivity index (χ1v) is 7.40. The average Bonchev–Trinajstić information content (AvgIpc) is 2.92. The molecule has 0 atom stereocenters. The number of methoxy groups -OCH3 is 1. The van der Waals surface area contributed by atoms with Gasteiger partial charge in [0, 0.05) is 17.0 Å². The van der Waals surface area contributed by atoms with Gasteiger partial charge in [0.25, 0.3) is 0 Å². The Bertz CT molecular complexity index is 785. The summed E-state index contributed by atoms with van der Waals surface area (Å²) in [7, 11) is -2.13. The Morgan fingerprint density at radius 1 is 1.10 bits per heavy atom. The molecule has 2 aromatic rings. The minimum absolute atomic E-state index is 0.0601. The van der Waals surface area contributed by atoms with Gasteiger partial charge in [-0.05, 0) is 18.2 Å². The molecule has 7 heteroatoms. The fourth-order valence-corrected chi connectivity index (χ4v) is 3.14. The third kappa shape index (κ3) is 2.01. The van der Waals surface area contributed by atoms with Crippen molar-refractivity contribution in [2.24, 2.45) is 0 Å². The standard InChI is InChI=1S/C13H13N3O3S/c1-19-11-6-7-12(16-15-11)20(17,18)13-8-9-4-2-3-5-10(9)14-13/h2-8,14-16H,1H3. The van der Waals surface area contributed by atoms with Crippen molar-refractivity contribution in [3.05, 3.63) is 53.4 Å². The number of H-pyrrole nitrogens is 1. The third-order valence-electron chi connectivity index (χ3n) is 3.00. The summed E-state index contributed by atoms with van der Waals surface area (Å²) < 4.78 is 29.9. The summed E-state index contributed by atoms with van der Waals surface area (Å²) in [6.07, 6.45) is 3.00. The number of nitrogens with one attached hydrogen (secondary N) is 3. The number of hydrazine groups is 1. The van der Waals surface area contributed by atoms with Crippen LogP contribution in [0.5, 0.6) is 0 Å². The number of allylic oxidation sites excluding steroid dienone is 2. The predicted molar refractivity (Wildman–Crippen MR) is 74.9 cm³/mol. The van der Waals surface area contributed by atoms with Crippen molar-refractivity contribution in [1.82, 2.24) is 15.8 Å².